The van der Waals surface area contributed by atoms with Crippen LogP contribution in [0.15, 0.2) is 12.4 Å². The summed E-state index contributed by atoms with van der Waals surface area (Å²) in [6, 6.07) is 0. The topological polar surface area (TPSA) is 25.8 Å². The average molecular weight is 275 g/mol. The van der Waals surface area contributed by atoms with Crippen LogP contribution in [0.5, 0.6) is 0 Å². The molecule has 2 heterocycles. The second-order valence-corrected chi connectivity index (χ2v) is 6.56. The molecule has 5 heteroatoms. The Morgan fingerprint density at radius 1 is 1.31 bits per heavy atom. The first-order valence-electron chi connectivity index (χ1n) is 5.45. The highest BCUT2D eigenvalue weighted by Gasteiger charge is 2.28. The predicted octanol–water partition coefficient (Wildman–Crippen LogP) is 3.52. The number of hydrogen-bond acceptors (Lipinski definition) is 4. The lowest BCUT2D eigenvalue weighted by Gasteiger charge is -2.28. The molecule has 1 aromatic heterocycles. The summed E-state index contributed by atoms with van der Waals surface area (Å²) in [5.41, 5.74) is 0.993. The molecule has 1 fully saturated rings. The number of halogens is 1. The van der Waals surface area contributed by atoms with Gasteiger partial charge in [-0.25, -0.2) is 9.97 Å². The molecule has 0 spiro atoms. The summed E-state index contributed by atoms with van der Waals surface area (Å²) in [4.78, 5) is 8.88. The van der Waals surface area contributed by atoms with Gasteiger partial charge in [0.15, 0.2) is 0 Å². The van der Waals surface area contributed by atoms with Crippen molar-refractivity contribution in [3.05, 3.63) is 23.8 Å². The summed E-state index contributed by atoms with van der Waals surface area (Å²) in [5.74, 6) is 3.91. The Balaban J connectivity index is 2.14. The molecule has 2 nitrogen and oxygen atoms in total. The Hall–Kier alpha value is 0.0700. The molecule has 2 rings (SSSR count). The second kappa shape index (κ2) is 6.12. The highest BCUT2D eigenvalue weighted by atomic mass is 35.5. The smallest absolute Gasteiger partial charge is 0.142 e. The number of nitrogens with zero attached hydrogens (tertiary/aromatic N) is 2. The second-order valence-electron chi connectivity index (χ2n) is 3.69. The minimum absolute atomic E-state index is 0.452. The molecule has 16 heavy (non-hydrogen) atoms. The van der Waals surface area contributed by atoms with Crippen LogP contribution >= 0.6 is 35.1 Å². The van der Waals surface area contributed by atoms with Gasteiger partial charge in [0, 0.05) is 34.7 Å². The lowest BCUT2D eigenvalue weighted by Crippen LogP contribution is -2.20. The van der Waals surface area contributed by atoms with Gasteiger partial charge in [-0.2, -0.15) is 11.8 Å². The van der Waals surface area contributed by atoms with E-state index >= 15 is 0 Å². The van der Waals surface area contributed by atoms with Gasteiger partial charge in [-0.05, 0) is 6.42 Å². The summed E-state index contributed by atoms with van der Waals surface area (Å²) in [5, 5.41) is 1.11. The van der Waals surface area contributed by atoms with Gasteiger partial charge in [0.25, 0.3) is 0 Å². The molecule has 0 aromatic carbocycles. The Morgan fingerprint density at radius 2 is 2.00 bits per heavy atom. The van der Waals surface area contributed by atoms with Crippen LogP contribution in [0, 0.1) is 0 Å². The third kappa shape index (κ3) is 2.84. The summed E-state index contributed by atoms with van der Waals surface area (Å²) in [6.07, 6.45) is 4.88. The monoisotopic (exact) mass is 274 g/mol. The quantitative estimate of drug-likeness (QED) is 0.788. The van der Waals surface area contributed by atoms with Gasteiger partial charge in [-0.1, -0.05) is 6.92 Å². The van der Waals surface area contributed by atoms with Crippen LogP contribution in [-0.2, 0) is 5.88 Å². The van der Waals surface area contributed by atoms with Crippen LogP contribution < -0.4 is 0 Å². The lowest BCUT2D eigenvalue weighted by molar-refractivity contribution is 0.747. The summed E-state index contributed by atoms with van der Waals surface area (Å²) >= 11 is 9.76. The summed E-state index contributed by atoms with van der Waals surface area (Å²) in [7, 11) is 0. The maximum Gasteiger partial charge on any atom is 0.142 e. The normalized spacial score (nSPS) is 25.6. The van der Waals surface area contributed by atoms with Crippen LogP contribution in [0.1, 0.15) is 30.0 Å². The molecule has 0 radical (unpaired) electrons. The van der Waals surface area contributed by atoms with Gasteiger partial charge in [-0.3, -0.25) is 0 Å². The summed E-state index contributed by atoms with van der Waals surface area (Å²) in [6.45, 7) is 2.24. The van der Waals surface area contributed by atoms with E-state index in [2.05, 4.69) is 16.9 Å². The minimum Gasteiger partial charge on any atom is -0.240 e. The van der Waals surface area contributed by atoms with Crippen LogP contribution in [0.4, 0.5) is 0 Å². The van der Waals surface area contributed by atoms with Crippen molar-refractivity contribution in [1.29, 1.82) is 0 Å². The molecule has 0 amide bonds. The van der Waals surface area contributed by atoms with E-state index in [1.165, 1.54) is 17.9 Å². The zero-order valence-electron chi connectivity index (χ0n) is 9.23. The standard InChI is InChI=1S/C11H15ClN2S2/c1-2-9-10(16-4-3-15-9)11-13-6-8(5-12)7-14-11/h6-7,9-10H,2-5H2,1H3. The van der Waals surface area contributed by atoms with E-state index in [0.29, 0.717) is 16.4 Å². The maximum absolute atomic E-state index is 5.73. The van der Waals surface area contributed by atoms with Crippen molar-refractivity contribution in [2.75, 3.05) is 11.5 Å². The van der Waals surface area contributed by atoms with Gasteiger partial charge in [-0.15, -0.1) is 23.4 Å². The number of rotatable bonds is 3. The molecule has 2 atom stereocenters. The number of hydrogen-bond donors (Lipinski definition) is 0. The first-order valence-corrected chi connectivity index (χ1v) is 8.08. The van der Waals surface area contributed by atoms with Crippen molar-refractivity contribution in [2.45, 2.75) is 29.7 Å². The van der Waals surface area contributed by atoms with Crippen molar-refractivity contribution < 1.29 is 0 Å². The van der Waals surface area contributed by atoms with Gasteiger partial charge >= 0.3 is 0 Å². The molecule has 0 bridgehead atoms. The molecule has 88 valence electrons. The molecule has 0 aliphatic carbocycles. The van der Waals surface area contributed by atoms with E-state index in [4.69, 9.17) is 11.6 Å². The Labute approximate surface area is 110 Å². The Morgan fingerprint density at radius 3 is 2.62 bits per heavy atom. The molecule has 1 aromatic rings. The minimum atomic E-state index is 0.452. The molecular formula is C11H15ClN2S2. The fourth-order valence-corrected chi connectivity index (χ4v) is 4.87. The van der Waals surface area contributed by atoms with Crippen LogP contribution in [0.3, 0.4) is 0 Å². The zero-order chi connectivity index (χ0) is 11.4. The first kappa shape index (κ1) is 12.5. The zero-order valence-corrected chi connectivity index (χ0v) is 11.6. The molecule has 1 aliphatic heterocycles. The Bertz CT molecular complexity index is 331. The molecule has 0 N–H and O–H groups in total. The number of thioether (sulfide) groups is 2. The largest absolute Gasteiger partial charge is 0.240 e. The van der Waals surface area contributed by atoms with E-state index in [1.807, 2.05) is 35.9 Å². The number of alkyl halides is 1. The van der Waals surface area contributed by atoms with Crippen molar-refractivity contribution in [2.24, 2.45) is 0 Å². The van der Waals surface area contributed by atoms with Crippen molar-refractivity contribution in [3.8, 4) is 0 Å². The van der Waals surface area contributed by atoms with Crippen molar-refractivity contribution in [3.63, 3.8) is 0 Å². The van der Waals surface area contributed by atoms with E-state index in [0.717, 1.165) is 11.4 Å². The van der Waals surface area contributed by atoms with Crippen LogP contribution in [0.25, 0.3) is 0 Å². The molecular weight excluding hydrogens is 260 g/mol. The van der Waals surface area contributed by atoms with E-state index < -0.39 is 0 Å². The fraction of sp³-hybridized carbons (Fsp3) is 0.636. The first-order chi connectivity index (χ1) is 7.85. The van der Waals surface area contributed by atoms with Gasteiger partial charge < -0.3 is 0 Å². The van der Waals surface area contributed by atoms with Gasteiger partial charge in [0.2, 0.25) is 0 Å². The molecule has 2 unspecified atom stereocenters. The molecule has 1 aliphatic rings. The van der Waals surface area contributed by atoms with Crippen LogP contribution in [0.2, 0.25) is 0 Å². The van der Waals surface area contributed by atoms with Crippen molar-refractivity contribution in [1.82, 2.24) is 9.97 Å². The number of aromatic nitrogens is 2. The predicted molar refractivity (Wildman–Crippen MR) is 73.3 cm³/mol. The highest BCUT2D eigenvalue weighted by molar-refractivity contribution is 8.06. The van der Waals surface area contributed by atoms with Gasteiger partial charge in [0.05, 0.1) is 11.1 Å². The summed E-state index contributed by atoms with van der Waals surface area (Å²) < 4.78 is 0. The third-order valence-electron chi connectivity index (χ3n) is 2.59. The van der Waals surface area contributed by atoms with Crippen LogP contribution in [-0.4, -0.2) is 26.7 Å². The van der Waals surface area contributed by atoms with E-state index in [9.17, 15) is 0 Å². The average Bonchev–Trinajstić information content (AvgIpc) is 2.39. The molecule has 0 saturated carbocycles. The van der Waals surface area contributed by atoms with E-state index in [-0.39, 0.29) is 0 Å². The molecule has 1 saturated heterocycles. The van der Waals surface area contributed by atoms with Crippen molar-refractivity contribution >= 4 is 35.1 Å². The third-order valence-corrected chi connectivity index (χ3v) is 6.14. The Kier molecular flexibility index (Phi) is 4.79. The van der Waals surface area contributed by atoms with E-state index in [1.54, 1.807) is 0 Å². The van der Waals surface area contributed by atoms with Gasteiger partial charge in [0.1, 0.15) is 5.82 Å². The lowest BCUT2D eigenvalue weighted by atomic mass is 10.2. The SMILES string of the molecule is CCC1SCCSC1c1ncc(CCl)cn1. The fourth-order valence-electron chi connectivity index (χ4n) is 1.72. The highest BCUT2D eigenvalue weighted by Crippen LogP contribution is 2.42. The maximum atomic E-state index is 5.73.